The third kappa shape index (κ3) is 4.84. The second-order valence-electron chi connectivity index (χ2n) is 13.4. The Morgan fingerprint density at radius 2 is 1.80 bits per heavy atom. The summed E-state index contributed by atoms with van der Waals surface area (Å²) >= 11 is 6.89. The molecule has 3 aliphatic heterocycles. The molecule has 230 valence electrons. The summed E-state index contributed by atoms with van der Waals surface area (Å²) in [5, 5.41) is 12.8. The van der Waals surface area contributed by atoms with Gasteiger partial charge in [-0.25, -0.2) is 14.2 Å². The van der Waals surface area contributed by atoms with Crippen LogP contribution in [-0.4, -0.2) is 95.0 Å². The van der Waals surface area contributed by atoms with E-state index >= 15 is 4.39 Å². The second-order valence-corrected chi connectivity index (χ2v) is 13.8. The number of fused-ring (bicyclic) bond motifs is 4. The van der Waals surface area contributed by atoms with Crippen molar-refractivity contribution in [3.05, 3.63) is 53.3 Å². The number of aromatic hydroxyl groups is 1. The third-order valence-electron chi connectivity index (χ3n) is 8.98. The fourth-order valence-corrected chi connectivity index (χ4v) is 6.99. The first-order valence-electron chi connectivity index (χ1n) is 15.0. The zero-order chi connectivity index (χ0) is 31.1. The lowest BCUT2D eigenvalue weighted by molar-refractivity contribution is 0.0214. The van der Waals surface area contributed by atoms with Gasteiger partial charge in [-0.2, -0.15) is 4.98 Å². The van der Waals surface area contributed by atoms with Gasteiger partial charge in [-0.3, -0.25) is 0 Å². The number of carbonyl (C=O) groups is 1. The first-order valence-corrected chi connectivity index (χ1v) is 15.3. The Kier molecular flexibility index (Phi) is 6.78. The molecule has 4 heterocycles. The van der Waals surface area contributed by atoms with E-state index in [1.807, 2.05) is 59.1 Å². The molecule has 0 saturated carbocycles. The number of ether oxygens (including phenoxy) is 1. The molecule has 0 unspecified atom stereocenters. The molecule has 44 heavy (non-hydrogen) atoms. The van der Waals surface area contributed by atoms with Gasteiger partial charge in [-0.15, -0.1) is 0 Å². The predicted molar refractivity (Wildman–Crippen MR) is 171 cm³/mol. The Morgan fingerprint density at radius 3 is 2.48 bits per heavy atom. The van der Waals surface area contributed by atoms with Crippen molar-refractivity contribution in [2.45, 2.75) is 50.9 Å². The van der Waals surface area contributed by atoms with Gasteiger partial charge in [-0.1, -0.05) is 35.9 Å². The Balaban J connectivity index is 1.34. The number of likely N-dealkylation sites (N-methyl/N-ethyl adjacent to an activating group) is 1. The molecule has 11 heteroatoms. The van der Waals surface area contributed by atoms with E-state index in [1.165, 1.54) is 0 Å². The largest absolute Gasteiger partial charge is 0.508 e. The van der Waals surface area contributed by atoms with Crippen LogP contribution in [0.1, 0.15) is 27.2 Å². The number of carbonyl (C=O) groups excluding carboxylic acids is 1. The van der Waals surface area contributed by atoms with E-state index in [0.29, 0.717) is 41.8 Å². The number of hydrogen-bond donors (Lipinski definition) is 1. The lowest BCUT2D eigenvalue weighted by Gasteiger charge is -2.43. The van der Waals surface area contributed by atoms with Gasteiger partial charge in [0.05, 0.1) is 17.1 Å². The van der Waals surface area contributed by atoms with Gasteiger partial charge in [0.15, 0.2) is 5.82 Å². The van der Waals surface area contributed by atoms with Crippen LogP contribution >= 0.6 is 11.6 Å². The summed E-state index contributed by atoms with van der Waals surface area (Å²) in [7, 11) is 4.08. The SMILES string of the molecule is CN(C)C1CN(c2nc(N3C[C@H]4C[C@@H]3CN4C(=O)OC(C)(C)C)c3cc(Cl)c(-c4cc(O)cc5ccccc45)c(F)c3n2)C1. The van der Waals surface area contributed by atoms with Gasteiger partial charge in [0, 0.05) is 43.2 Å². The molecule has 3 aliphatic rings. The summed E-state index contributed by atoms with van der Waals surface area (Å²) in [6.45, 7) is 8.10. The molecule has 3 saturated heterocycles. The van der Waals surface area contributed by atoms with Crippen LogP contribution < -0.4 is 9.80 Å². The van der Waals surface area contributed by atoms with Crippen LogP contribution in [-0.2, 0) is 4.74 Å². The number of piperazine rings is 1. The van der Waals surface area contributed by atoms with Gasteiger partial charge in [0.1, 0.15) is 22.7 Å². The molecular weight excluding hydrogens is 583 g/mol. The number of phenols is 1. The summed E-state index contributed by atoms with van der Waals surface area (Å²) in [6, 6.07) is 12.8. The van der Waals surface area contributed by atoms with Gasteiger partial charge in [0.2, 0.25) is 5.95 Å². The van der Waals surface area contributed by atoms with E-state index in [1.54, 1.807) is 23.1 Å². The number of nitrogens with zero attached hydrogens (tertiary/aromatic N) is 6. The number of hydrogen-bond acceptors (Lipinski definition) is 8. The molecule has 1 N–H and O–H groups in total. The van der Waals surface area contributed by atoms with Crippen LogP contribution in [0.3, 0.4) is 0 Å². The molecule has 3 aromatic carbocycles. The minimum atomic E-state index is -0.579. The number of amides is 1. The maximum absolute atomic E-state index is 16.9. The number of anilines is 2. The molecule has 0 radical (unpaired) electrons. The Bertz CT molecular complexity index is 1800. The Hall–Kier alpha value is -3.89. The standard InChI is InChI=1S/C33H36ClFN6O3/c1-33(2,3)44-32(43)41-17-19-11-20(41)16-40(19)30-25-13-26(34)27(24-12-22(42)10-18-8-6-7-9-23(18)24)28(35)29(25)36-31(37-30)39-14-21(15-39)38(4)5/h6-10,12-13,19-21,42H,11,14-17H2,1-5H3/t19-,20-/m1/s1. The summed E-state index contributed by atoms with van der Waals surface area (Å²) in [6.07, 6.45) is 0.459. The molecule has 0 spiro atoms. The zero-order valence-electron chi connectivity index (χ0n) is 25.5. The van der Waals surface area contributed by atoms with Crippen molar-refractivity contribution in [3.63, 3.8) is 0 Å². The zero-order valence-corrected chi connectivity index (χ0v) is 26.3. The first kappa shape index (κ1) is 28.9. The summed E-state index contributed by atoms with van der Waals surface area (Å²) in [5.74, 6) is 0.543. The minimum absolute atomic E-state index is 0.000842. The molecule has 0 aliphatic carbocycles. The number of rotatable bonds is 4. The molecule has 2 bridgehead atoms. The quantitative estimate of drug-likeness (QED) is 0.303. The highest BCUT2D eigenvalue weighted by Crippen LogP contribution is 2.44. The fraction of sp³-hybridized carbons (Fsp3) is 0.424. The van der Waals surface area contributed by atoms with Gasteiger partial charge >= 0.3 is 6.09 Å². The maximum atomic E-state index is 16.9. The van der Waals surface area contributed by atoms with Crippen LogP contribution in [0.25, 0.3) is 32.8 Å². The number of halogens is 2. The molecule has 2 atom stereocenters. The molecule has 4 aromatic rings. The maximum Gasteiger partial charge on any atom is 0.410 e. The Morgan fingerprint density at radius 1 is 1.05 bits per heavy atom. The highest BCUT2D eigenvalue weighted by Gasteiger charge is 2.48. The second kappa shape index (κ2) is 10.3. The number of aromatic nitrogens is 2. The van der Waals surface area contributed by atoms with E-state index in [9.17, 15) is 9.90 Å². The van der Waals surface area contributed by atoms with Gasteiger partial charge < -0.3 is 29.4 Å². The van der Waals surface area contributed by atoms with Crippen molar-refractivity contribution < 1.29 is 19.0 Å². The topological polar surface area (TPSA) is 85.3 Å². The average Bonchev–Trinajstić information content (AvgIpc) is 3.52. The van der Waals surface area contributed by atoms with Crippen LogP contribution in [0.15, 0.2) is 42.5 Å². The Labute approximate surface area is 260 Å². The van der Waals surface area contributed by atoms with Crippen molar-refractivity contribution in [2.24, 2.45) is 0 Å². The minimum Gasteiger partial charge on any atom is -0.508 e. The summed E-state index contributed by atoms with van der Waals surface area (Å²) in [5.41, 5.74) is 0.286. The molecule has 3 fully saturated rings. The van der Waals surface area contributed by atoms with E-state index in [0.717, 1.165) is 30.3 Å². The summed E-state index contributed by atoms with van der Waals surface area (Å²) < 4.78 is 22.5. The lowest BCUT2D eigenvalue weighted by Crippen LogP contribution is -2.58. The van der Waals surface area contributed by atoms with Crippen molar-refractivity contribution in [1.82, 2.24) is 19.8 Å². The average molecular weight is 619 g/mol. The normalized spacial score (nSPS) is 20.3. The summed E-state index contributed by atoms with van der Waals surface area (Å²) in [4.78, 5) is 30.9. The van der Waals surface area contributed by atoms with Crippen LogP contribution in [0, 0.1) is 5.82 Å². The van der Waals surface area contributed by atoms with Gasteiger partial charge in [0.25, 0.3) is 0 Å². The monoisotopic (exact) mass is 618 g/mol. The van der Waals surface area contributed by atoms with E-state index < -0.39 is 11.4 Å². The van der Waals surface area contributed by atoms with Crippen LogP contribution in [0.2, 0.25) is 5.02 Å². The van der Waals surface area contributed by atoms with E-state index in [2.05, 4.69) is 14.7 Å². The van der Waals surface area contributed by atoms with Crippen molar-refractivity contribution in [3.8, 4) is 16.9 Å². The smallest absolute Gasteiger partial charge is 0.410 e. The van der Waals surface area contributed by atoms with Crippen LogP contribution in [0.5, 0.6) is 5.75 Å². The lowest BCUT2D eigenvalue weighted by atomic mass is 9.96. The molecule has 9 nitrogen and oxygen atoms in total. The molecule has 7 rings (SSSR count). The highest BCUT2D eigenvalue weighted by molar-refractivity contribution is 6.35. The number of likely N-dealkylation sites (tertiary alicyclic amines) is 1. The molecule has 1 aromatic heterocycles. The third-order valence-corrected chi connectivity index (χ3v) is 9.28. The van der Waals surface area contributed by atoms with E-state index in [4.69, 9.17) is 26.3 Å². The van der Waals surface area contributed by atoms with Crippen molar-refractivity contribution >= 4 is 51.1 Å². The van der Waals surface area contributed by atoms with E-state index in [-0.39, 0.29) is 40.0 Å². The van der Waals surface area contributed by atoms with Crippen LogP contribution in [0.4, 0.5) is 21.0 Å². The number of benzene rings is 3. The number of phenolic OH excluding ortho intramolecular Hbond substituents is 1. The predicted octanol–water partition coefficient (Wildman–Crippen LogP) is 5.90. The van der Waals surface area contributed by atoms with Gasteiger partial charge in [-0.05, 0) is 75.8 Å². The highest BCUT2D eigenvalue weighted by atomic mass is 35.5. The fourth-order valence-electron chi connectivity index (χ4n) is 6.69. The van der Waals surface area contributed by atoms with Crippen molar-refractivity contribution in [2.75, 3.05) is 50.1 Å². The van der Waals surface area contributed by atoms with Crippen molar-refractivity contribution in [1.29, 1.82) is 0 Å². The molecule has 1 amide bonds. The first-order chi connectivity index (χ1) is 20.9. The molecular formula is C33H36ClFN6O3.